The van der Waals surface area contributed by atoms with Crippen LogP contribution < -0.4 is 5.73 Å². The Bertz CT molecular complexity index is 703. The SMILES string of the molecule is NC(c1cc2ccccc2[nH]1)c1cc(F)ccc1O. The number of nitrogens with two attached hydrogens (primary N) is 1. The first-order valence-corrected chi connectivity index (χ1v) is 5.97. The molecule has 1 unspecified atom stereocenters. The Morgan fingerprint density at radius 1 is 1.11 bits per heavy atom. The fourth-order valence-electron chi connectivity index (χ4n) is 2.21. The zero-order valence-corrected chi connectivity index (χ0v) is 10.1. The number of hydrogen-bond acceptors (Lipinski definition) is 2. The lowest BCUT2D eigenvalue weighted by Gasteiger charge is -2.12. The van der Waals surface area contributed by atoms with Crippen molar-refractivity contribution in [2.24, 2.45) is 5.73 Å². The average Bonchev–Trinajstić information content (AvgIpc) is 2.84. The highest BCUT2D eigenvalue weighted by Gasteiger charge is 2.16. The fraction of sp³-hybridized carbons (Fsp3) is 0.0667. The van der Waals surface area contributed by atoms with Crippen LogP contribution in [0.2, 0.25) is 0 Å². The zero-order valence-electron chi connectivity index (χ0n) is 10.1. The molecule has 0 fully saturated rings. The van der Waals surface area contributed by atoms with Crippen LogP contribution >= 0.6 is 0 Å². The van der Waals surface area contributed by atoms with Gasteiger partial charge in [-0.25, -0.2) is 4.39 Å². The van der Waals surface area contributed by atoms with E-state index in [2.05, 4.69) is 4.98 Å². The first kappa shape index (κ1) is 11.7. The van der Waals surface area contributed by atoms with Crippen LogP contribution in [0, 0.1) is 5.82 Å². The molecule has 3 rings (SSSR count). The van der Waals surface area contributed by atoms with E-state index in [9.17, 15) is 9.50 Å². The topological polar surface area (TPSA) is 62.0 Å². The highest BCUT2D eigenvalue weighted by Crippen LogP contribution is 2.29. The Kier molecular flexibility index (Phi) is 2.72. The van der Waals surface area contributed by atoms with Crippen LogP contribution in [-0.2, 0) is 0 Å². The van der Waals surface area contributed by atoms with E-state index in [1.807, 2.05) is 30.3 Å². The number of phenolic OH excluding ortho intramolecular Hbond substituents is 1. The number of phenols is 1. The van der Waals surface area contributed by atoms with E-state index in [4.69, 9.17) is 5.73 Å². The molecule has 19 heavy (non-hydrogen) atoms. The van der Waals surface area contributed by atoms with Crippen molar-refractivity contribution in [2.45, 2.75) is 6.04 Å². The molecule has 0 amide bonds. The second kappa shape index (κ2) is 4.40. The van der Waals surface area contributed by atoms with Gasteiger partial charge >= 0.3 is 0 Å². The Labute approximate surface area is 109 Å². The van der Waals surface area contributed by atoms with Gasteiger partial charge in [-0.3, -0.25) is 0 Å². The van der Waals surface area contributed by atoms with Gasteiger partial charge in [-0.1, -0.05) is 18.2 Å². The van der Waals surface area contributed by atoms with Gasteiger partial charge in [-0.05, 0) is 35.7 Å². The summed E-state index contributed by atoms with van der Waals surface area (Å²) in [6, 6.07) is 12.9. The van der Waals surface area contributed by atoms with Gasteiger partial charge in [-0.2, -0.15) is 0 Å². The molecule has 0 spiro atoms. The zero-order chi connectivity index (χ0) is 13.4. The van der Waals surface area contributed by atoms with Crippen LogP contribution in [0.3, 0.4) is 0 Å². The highest BCUT2D eigenvalue weighted by atomic mass is 19.1. The quantitative estimate of drug-likeness (QED) is 0.660. The monoisotopic (exact) mass is 256 g/mol. The van der Waals surface area contributed by atoms with Crippen molar-refractivity contribution in [3.05, 3.63) is 65.6 Å². The summed E-state index contributed by atoms with van der Waals surface area (Å²) >= 11 is 0. The van der Waals surface area contributed by atoms with E-state index in [0.717, 1.165) is 16.6 Å². The summed E-state index contributed by atoms with van der Waals surface area (Å²) in [5, 5.41) is 10.8. The summed E-state index contributed by atoms with van der Waals surface area (Å²) in [4.78, 5) is 3.18. The largest absolute Gasteiger partial charge is 0.508 e. The van der Waals surface area contributed by atoms with E-state index >= 15 is 0 Å². The average molecular weight is 256 g/mol. The second-order valence-electron chi connectivity index (χ2n) is 4.49. The normalized spacial score (nSPS) is 12.7. The Morgan fingerprint density at radius 3 is 2.68 bits per heavy atom. The fourth-order valence-corrected chi connectivity index (χ4v) is 2.21. The summed E-state index contributed by atoms with van der Waals surface area (Å²) in [6.07, 6.45) is 0. The third-order valence-electron chi connectivity index (χ3n) is 3.21. The number of nitrogens with one attached hydrogen (secondary N) is 1. The Balaban J connectivity index is 2.07. The molecule has 0 aliphatic carbocycles. The second-order valence-corrected chi connectivity index (χ2v) is 4.49. The van der Waals surface area contributed by atoms with Crippen molar-refractivity contribution in [1.29, 1.82) is 0 Å². The first-order valence-electron chi connectivity index (χ1n) is 5.97. The van der Waals surface area contributed by atoms with Gasteiger partial charge in [0.1, 0.15) is 11.6 Å². The molecule has 3 nitrogen and oxygen atoms in total. The molecule has 0 aliphatic heterocycles. The van der Waals surface area contributed by atoms with Crippen molar-refractivity contribution in [2.75, 3.05) is 0 Å². The first-order chi connectivity index (χ1) is 9.15. The maximum Gasteiger partial charge on any atom is 0.123 e. The standard InChI is InChI=1S/C15H13FN2O/c16-10-5-6-14(19)11(8-10)15(17)13-7-9-3-1-2-4-12(9)18-13/h1-8,15,18-19H,17H2. The number of aromatic amines is 1. The van der Waals surface area contributed by atoms with Gasteiger partial charge in [0, 0.05) is 16.8 Å². The van der Waals surface area contributed by atoms with Gasteiger partial charge in [0.15, 0.2) is 0 Å². The maximum atomic E-state index is 13.3. The van der Waals surface area contributed by atoms with E-state index in [0.29, 0.717) is 5.56 Å². The van der Waals surface area contributed by atoms with Crippen LogP contribution in [0.15, 0.2) is 48.5 Å². The molecule has 0 aliphatic rings. The molecule has 2 aromatic carbocycles. The Morgan fingerprint density at radius 2 is 1.89 bits per heavy atom. The van der Waals surface area contributed by atoms with E-state index in [1.54, 1.807) is 0 Å². The number of H-pyrrole nitrogens is 1. The van der Waals surface area contributed by atoms with Gasteiger partial charge in [0.25, 0.3) is 0 Å². The van der Waals surface area contributed by atoms with Crippen LogP contribution in [0.25, 0.3) is 10.9 Å². The highest BCUT2D eigenvalue weighted by molar-refractivity contribution is 5.80. The molecule has 4 N–H and O–H groups in total. The summed E-state index contributed by atoms with van der Waals surface area (Å²) < 4.78 is 13.3. The lowest BCUT2D eigenvalue weighted by molar-refractivity contribution is 0.462. The van der Waals surface area contributed by atoms with Crippen LogP contribution in [0.4, 0.5) is 4.39 Å². The number of benzene rings is 2. The van der Waals surface area contributed by atoms with Crippen LogP contribution in [0.5, 0.6) is 5.75 Å². The minimum atomic E-state index is -0.594. The number of hydrogen-bond donors (Lipinski definition) is 3. The maximum absolute atomic E-state index is 13.3. The van der Waals surface area contributed by atoms with E-state index in [1.165, 1.54) is 18.2 Å². The van der Waals surface area contributed by atoms with Crippen LogP contribution in [-0.4, -0.2) is 10.1 Å². The van der Waals surface area contributed by atoms with Gasteiger partial charge < -0.3 is 15.8 Å². The summed E-state index contributed by atoms with van der Waals surface area (Å²) in [5.74, 6) is -0.424. The number of rotatable bonds is 2. The molecule has 4 heteroatoms. The molecule has 0 bridgehead atoms. The number of fused-ring (bicyclic) bond motifs is 1. The number of halogens is 1. The van der Waals surface area contributed by atoms with Crippen molar-refractivity contribution < 1.29 is 9.50 Å². The summed E-state index contributed by atoms with van der Waals surface area (Å²) in [5.41, 5.74) is 8.16. The molecular formula is C15H13FN2O. The smallest absolute Gasteiger partial charge is 0.123 e. The molecule has 0 saturated carbocycles. The number of aromatic hydroxyl groups is 1. The molecule has 1 aromatic heterocycles. The molecule has 3 aromatic rings. The van der Waals surface area contributed by atoms with Crippen molar-refractivity contribution in [3.8, 4) is 5.75 Å². The predicted molar refractivity (Wildman–Crippen MR) is 72.4 cm³/mol. The molecule has 0 radical (unpaired) electrons. The van der Waals surface area contributed by atoms with Gasteiger partial charge in [0.05, 0.1) is 6.04 Å². The Hall–Kier alpha value is -2.33. The summed E-state index contributed by atoms with van der Waals surface area (Å²) in [6.45, 7) is 0. The minimum absolute atomic E-state index is 0.00689. The van der Waals surface area contributed by atoms with E-state index in [-0.39, 0.29) is 5.75 Å². The third-order valence-corrected chi connectivity index (χ3v) is 3.21. The minimum Gasteiger partial charge on any atom is -0.508 e. The molecule has 1 heterocycles. The number of para-hydroxylation sites is 1. The third kappa shape index (κ3) is 2.06. The van der Waals surface area contributed by atoms with Gasteiger partial charge in [-0.15, -0.1) is 0 Å². The van der Waals surface area contributed by atoms with Gasteiger partial charge in [0.2, 0.25) is 0 Å². The molecule has 96 valence electrons. The van der Waals surface area contributed by atoms with Crippen molar-refractivity contribution >= 4 is 10.9 Å². The van der Waals surface area contributed by atoms with E-state index < -0.39 is 11.9 Å². The van der Waals surface area contributed by atoms with Crippen molar-refractivity contribution in [3.63, 3.8) is 0 Å². The predicted octanol–water partition coefficient (Wildman–Crippen LogP) is 3.06. The van der Waals surface area contributed by atoms with Crippen LogP contribution in [0.1, 0.15) is 17.3 Å². The molecule has 0 saturated heterocycles. The lowest BCUT2D eigenvalue weighted by Crippen LogP contribution is -2.12. The molecule has 1 atom stereocenters. The lowest BCUT2D eigenvalue weighted by atomic mass is 10.0. The van der Waals surface area contributed by atoms with Crippen molar-refractivity contribution in [1.82, 2.24) is 4.98 Å². The summed E-state index contributed by atoms with van der Waals surface area (Å²) in [7, 11) is 0. The molecular weight excluding hydrogens is 243 g/mol. The number of aromatic nitrogens is 1.